The topological polar surface area (TPSA) is 58.9 Å². The molecule has 0 radical (unpaired) electrons. The van der Waals surface area contributed by atoms with Crippen molar-refractivity contribution in [2.24, 2.45) is 0 Å². The summed E-state index contributed by atoms with van der Waals surface area (Å²) in [6, 6.07) is 0. The van der Waals surface area contributed by atoms with Gasteiger partial charge in [0.2, 0.25) is 0 Å². The first-order valence-corrected chi connectivity index (χ1v) is 7.75. The summed E-state index contributed by atoms with van der Waals surface area (Å²) in [7, 11) is 3.18. The lowest BCUT2D eigenvalue weighted by Gasteiger charge is -2.18. The van der Waals surface area contributed by atoms with Crippen LogP contribution in [0, 0.1) is 0 Å². The Morgan fingerprint density at radius 2 is 1.60 bits per heavy atom. The van der Waals surface area contributed by atoms with Crippen LogP contribution in [0.2, 0.25) is 0 Å². The molecule has 0 atom stereocenters. The lowest BCUT2D eigenvalue weighted by atomic mass is 9.94. The largest absolute Gasteiger partial charge is 0.504 e. The Morgan fingerprint density at radius 3 is 2.00 bits per heavy atom. The number of rotatable bonds is 3. The molecule has 0 aliphatic carbocycles. The SMILES string of the molecule is COc1c(-c2scc(O)c2O)sc(C(C)(C)C)c1OC. The molecule has 0 amide bonds. The van der Waals surface area contributed by atoms with Gasteiger partial charge in [-0.2, -0.15) is 0 Å². The number of hydrogen-bond acceptors (Lipinski definition) is 6. The summed E-state index contributed by atoms with van der Waals surface area (Å²) in [5, 5.41) is 21.0. The summed E-state index contributed by atoms with van der Waals surface area (Å²) < 4.78 is 10.9. The normalized spacial score (nSPS) is 11.7. The highest BCUT2D eigenvalue weighted by molar-refractivity contribution is 7.22. The molecule has 0 aromatic carbocycles. The second-order valence-corrected chi connectivity index (χ2v) is 7.28. The quantitative estimate of drug-likeness (QED) is 0.891. The fourth-order valence-corrected chi connectivity index (χ4v) is 4.18. The first-order valence-electron chi connectivity index (χ1n) is 6.06. The maximum absolute atomic E-state index is 9.96. The van der Waals surface area contributed by atoms with Gasteiger partial charge in [-0.1, -0.05) is 20.8 Å². The molecule has 20 heavy (non-hydrogen) atoms. The molecule has 4 nitrogen and oxygen atoms in total. The van der Waals surface area contributed by atoms with Crippen molar-refractivity contribution in [2.75, 3.05) is 14.2 Å². The Kier molecular flexibility index (Phi) is 3.88. The average Bonchev–Trinajstić information content (AvgIpc) is 2.90. The van der Waals surface area contributed by atoms with Gasteiger partial charge in [0.25, 0.3) is 0 Å². The van der Waals surface area contributed by atoms with Crippen LogP contribution in [-0.4, -0.2) is 24.4 Å². The zero-order valence-electron chi connectivity index (χ0n) is 12.1. The van der Waals surface area contributed by atoms with Crippen LogP contribution in [0.5, 0.6) is 23.0 Å². The van der Waals surface area contributed by atoms with Crippen molar-refractivity contribution in [1.29, 1.82) is 0 Å². The van der Waals surface area contributed by atoms with Crippen LogP contribution in [0.25, 0.3) is 9.75 Å². The molecule has 0 spiro atoms. The van der Waals surface area contributed by atoms with Crippen LogP contribution in [0.15, 0.2) is 5.38 Å². The Balaban J connectivity index is 2.71. The van der Waals surface area contributed by atoms with Gasteiger partial charge in [0.15, 0.2) is 23.0 Å². The third-order valence-corrected chi connectivity index (χ3v) is 5.56. The van der Waals surface area contributed by atoms with E-state index in [1.807, 2.05) is 0 Å². The van der Waals surface area contributed by atoms with Crippen LogP contribution >= 0.6 is 22.7 Å². The van der Waals surface area contributed by atoms with Crippen LogP contribution < -0.4 is 9.47 Å². The van der Waals surface area contributed by atoms with E-state index in [1.54, 1.807) is 14.2 Å². The van der Waals surface area contributed by atoms with Crippen molar-refractivity contribution in [3.63, 3.8) is 0 Å². The molecule has 2 heterocycles. The molecule has 6 heteroatoms. The summed E-state index contributed by atoms with van der Waals surface area (Å²) >= 11 is 2.79. The molecule has 0 bridgehead atoms. The lowest BCUT2D eigenvalue weighted by molar-refractivity contribution is 0.351. The van der Waals surface area contributed by atoms with E-state index >= 15 is 0 Å². The predicted molar refractivity (Wildman–Crippen MR) is 82.8 cm³/mol. The van der Waals surface area contributed by atoms with Crippen molar-refractivity contribution >= 4 is 22.7 Å². The molecule has 2 aromatic heterocycles. The second kappa shape index (κ2) is 5.18. The summed E-state index contributed by atoms with van der Waals surface area (Å²) in [5.41, 5.74) is -0.101. The van der Waals surface area contributed by atoms with Crippen molar-refractivity contribution in [1.82, 2.24) is 0 Å². The Hall–Kier alpha value is -1.40. The van der Waals surface area contributed by atoms with Crippen LogP contribution in [0.1, 0.15) is 25.6 Å². The van der Waals surface area contributed by atoms with Crippen LogP contribution in [0.3, 0.4) is 0 Å². The minimum Gasteiger partial charge on any atom is -0.504 e. The molecule has 0 unspecified atom stereocenters. The van der Waals surface area contributed by atoms with E-state index in [2.05, 4.69) is 20.8 Å². The zero-order valence-corrected chi connectivity index (χ0v) is 13.7. The predicted octanol–water partition coefficient (Wildman–Crippen LogP) is 4.20. The van der Waals surface area contributed by atoms with Crippen molar-refractivity contribution in [3.05, 3.63) is 10.3 Å². The minimum absolute atomic E-state index is 0.101. The average molecular weight is 314 g/mol. The van der Waals surface area contributed by atoms with Crippen LogP contribution in [0.4, 0.5) is 0 Å². The van der Waals surface area contributed by atoms with Crippen LogP contribution in [-0.2, 0) is 5.41 Å². The van der Waals surface area contributed by atoms with Crippen molar-refractivity contribution in [2.45, 2.75) is 26.2 Å². The van der Waals surface area contributed by atoms with Crippen molar-refractivity contribution < 1.29 is 19.7 Å². The van der Waals surface area contributed by atoms with Gasteiger partial charge in [-0.15, -0.1) is 22.7 Å². The van der Waals surface area contributed by atoms with E-state index < -0.39 is 0 Å². The molecule has 2 N–H and O–H groups in total. The van der Waals surface area contributed by atoms with Gasteiger partial charge >= 0.3 is 0 Å². The number of ether oxygens (including phenoxy) is 2. The zero-order chi connectivity index (χ0) is 15.1. The highest BCUT2D eigenvalue weighted by Gasteiger charge is 2.30. The Bertz CT molecular complexity index is 620. The molecule has 2 aromatic rings. The standard InChI is InChI=1S/C14H18O4S2/c1-14(2,3)13-10(18-5)9(17-4)12(20-13)11-8(16)7(15)6-19-11/h6,15-16H,1-5H3. The Morgan fingerprint density at radius 1 is 1.00 bits per heavy atom. The third-order valence-electron chi connectivity index (χ3n) is 2.86. The van der Waals surface area contributed by atoms with E-state index in [1.165, 1.54) is 28.1 Å². The Labute approximate surface area is 126 Å². The smallest absolute Gasteiger partial charge is 0.180 e. The lowest BCUT2D eigenvalue weighted by Crippen LogP contribution is -2.10. The maximum Gasteiger partial charge on any atom is 0.180 e. The van der Waals surface area contributed by atoms with Crippen molar-refractivity contribution in [3.8, 4) is 32.8 Å². The van der Waals surface area contributed by atoms with Gasteiger partial charge < -0.3 is 19.7 Å². The highest BCUT2D eigenvalue weighted by atomic mass is 32.1. The fourth-order valence-electron chi connectivity index (χ4n) is 1.92. The van der Waals surface area contributed by atoms with E-state index in [4.69, 9.17) is 9.47 Å². The number of hydrogen-bond donors (Lipinski definition) is 2. The highest BCUT2D eigenvalue weighted by Crippen LogP contribution is 2.56. The van der Waals surface area contributed by atoms with E-state index in [-0.39, 0.29) is 16.9 Å². The van der Waals surface area contributed by atoms with Gasteiger partial charge in [0.1, 0.15) is 0 Å². The molecular weight excluding hydrogens is 296 g/mol. The number of thiophene rings is 2. The molecule has 0 saturated carbocycles. The van der Waals surface area contributed by atoms with Gasteiger partial charge in [0.05, 0.1) is 28.9 Å². The molecule has 0 saturated heterocycles. The number of aromatic hydroxyl groups is 2. The first kappa shape index (κ1) is 15.0. The molecule has 0 aliphatic heterocycles. The fraction of sp³-hybridized carbons (Fsp3) is 0.429. The van der Waals surface area contributed by atoms with Gasteiger partial charge in [0, 0.05) is 10.8 Å². The second-order valence-electron chi connectivity index (χ2n) is 5.38. The summed E-state index contributed by atoms with van der Waals surface area (Å²) in [6.07, 6.45) is 0. The maximum atomic E-state index is 9.96. The summed E-state index contributed by atoms with van der Waals surface area (Å²) in [6.45, 7) is 6.28. The summed E-state index contributed by atoms with van der Waals surface area (Å²) in [5.74, 6) is 1.06. The molecule has 0 aliphatic rings. The molecule has 110 valence electrons. The summed E-state index contributed by atoms with van der Waals surface area (Å²) in [4.78, 5) is 2.41. The van der Waals surface area contributed by atoms with E-state index in [9.17, 15) is 10.2 Å². The van der Waals surface area contributed by atoms with Gasteiger partial charge in [-0.25, -0.2) is 0 Å². The number of methoxy groups -OCH3 is 2. The first-order chi connectivity index (χ1) is 9.31. The monoisotopic (exact) mass is 314 g/mol. The van der Waals surface area contributed by atoms with Gasteiger partial charge in [-0.3, -0.25) is 0 Å². The van der Waals surface area contributed by atoms with E-state index in [0.717, 1.165) is 9.75 Å². The molecular formula is C14H18O4S2. The third kappa shape index (κ3) is 2.33. The van der Waals surface area contributed by atoms with E-state index in [0.29, 0.717) is 16.4 Å². The van der Waals surface area contributed by atoms with Gasteiger partial charge in [-0.05, 0) is 0 Å². The molecule has 2 rings (SSSR count). The molecule has 0 fully saturated rings. The minimum atomic E-state index is -0.114.